The van der Waals surface area contributed by atoms with E-state index in [4.69, 9.17) is 16.2 Å². The third-order valence-corrected chi connectivity index (χ3v) is 5.54. The first-order valence-corrected chi connectivity index (χ1v) is 8.74. The van der Waals surface area contributed by atoms with Gasteiger partial charge in [-0.15, -0.1) is 0 Å². The standard InChI is InChI=1S/C16H30N2O2S/c1-14(2,17)9-16(8-11-5-6-12(16)7-11)10-20-13(19)21-15(3,4)18/h11-12H,5-10,17-18H2,1-4H3. The molecule has 0 radical (unpaired) electrons. The topological polar surface area (TPSA) is 78.3 Å². The highest BCUT2D eigenvalue weighted by molar-refractivity contribution is 8.14. The van der Waals surface area contributed by atoms with E-state index in [1.165, 1.54) is 19.3 Å². The summed E-state index contributed by atoms with van der Waals surface area (Å²) in [4.78, 5) is 11.4. The number of hydrogen-bond donors (Lipinski definition) is 2. The van der Waals surface area contributed by atoms with Gasteiger partial charge in [-0.05, 0) is 77.0 Å². The molecular weight excluding hydrogens is 284 g/mol. The van der Waals surface area contributed by atoms with E-state index in [0.29, 0.717) is 12.5 Å². The van der Waals surface area contributed by atoms with Crippen molar-refractivity contribution < 1.29 is 9.53 Å². The number of thioether (sulfide) groups is 1. The fourth-order valence-electron chi connectivity index (χ4n) is 4.36. The zero-order chi connectivity index (χ0) is 15.9. The second-order valence-electron chi connectivity index (χ2n) is 8.35. The molecule has 4 N–H and O–H groups in total. The lowest BCUT2D eigenvalue weighted by molar-refractivity contribution is 0.0322. The van der Waals surface area contributed by atoms with Crippen molar-refractivity contribution in [1.29, 1.82) is 0 Å². The number of nitrogens with two attached hydrogens (primary N) is 2. The summed E-state index contributed by atoms with van der Waals surface area (Å²) in [5, 5.41) is -0.264. The predicted molar refractivity (Wildman–Crippen MR) is 88.0 cm³/mol. The summed E-state index contributed by atoms with van der Waals surface area (Å²) in [5.74, 6) is 1.46. The fraction of sp³-hybridized carbons (Fsp3) is 0.938. The van der Waals surface area contributed by atoms with E-state index in [-0.39, 0.29) is 16.3 Å². The Labute approximate surface area is 132 Å². The molecule has 2 bridgehead atoms. The molecule has 0 amide bonds. The molecule has 0 spiro atoms. The number of ether oxygens (including phenoxy) is 1. The largest absolute Gasteiger partial charge is 0.457 e. The minimum atomic E-state index is -0.591. The molecule has 0 heterocycles. The van der Waals surface area contributed by atoms with Crippen molar-refractivity contribution in [1.82, 2.24) is 0 Å². The first-order valence-electron chi connectivity index (χ1n) is 7.93. The molecule has 3 unspecified atom stereocenters. The van der Waals surface area contributed by atoms with Crippen LogP contribution in [0.3, 0.4) is 0 Å². The van der Waals surface area contributed by atoms with Crippen LogP contribution in [0.4, 0.5) is 4.79 Å². The quantitative estimate of drug-likeness (QED) is 0.600. The van der Waals surface area contributed by atoms with Crippen LogP contribution in [0.25, 0.3) is 0 Å². The number of carbonyl (C=O) groups is 1. The molecule has 0 aromatic heterocycles. The Balaban J connectivity index is 2.00. The highest BCUT2D eigenvalue weighted by atomic mass is 32.2. The maximum atomic E-state index is 12.0. The number of carbonyl (C=O) groups excluding carboxylic acids is 1. The van der Waals surface area contributed by atoms with Gasteiger partial charge in [-0.25, -0.2) is 4.79 Å². The van der Waals surface area contributed by atoms with Crippen LogP contribution < -0.4 is 11.5 Å². The molecule has 4 nitrogen and oxygen atoms in total. The van der Waals surface area contributed by atoms with Gasteiger partial charge in [-0.2, -0.15) is 0 Å². The number of rotatable bonds is 5. The second-order valence-corrected chi connectivity index (χ2v) is 9.94. The van der Waals surface area contributed by atoms with Crippen LogP contribution in [0, 0.1) is 17.3 Å². The smallest absolute Gasteiger partial charge is 0.369 e. The van der Waals surface area contributed by atoms with Crippen LogP contribution in [0.15, 0.2) is 0 Å². The molecule has 5 heteroatoms. The summed E-state index contributed by atoms with van der Waals surface area (Å²) in [6, 6.07) is 0. The van der Waals surface area contributed by atoms with E-state index >= 15 is 0 Å². The first-order chi connectivity index (χ1) is 9.49. The van der Waals surface area contributed by atoms with Crippen LogP contribution in [-0.2, 0) is 4.74 Å². The van der Waals surface area contributed by atoms with Gasteiger partial charge in [0.1, 0.15) is 0 Å². The summed E-state index contributed by atoms with van der Waals surface area (Å²) in [6.45, 7) is 8.27. The lowest BCUT2D eigenvalue weighted by atomic mass is 9.67. The predicted octanol–water partition coefficient (Wildman–Crippen LogP) is 3.48. The molecule has 2 fully saturated rings. The summed E-state index contributed by atoms with van der Waals surface area (Å²) in [6.07, 6.45) is 5.94. The molecule has 2 saturated carbocycles. The van der Waals surface area contributed by atoms with Gasteiger partial charge < -0.3 is 16.2 Å². The minimum Gasteiger partial charge on any atom is -0.457 e. The fourth-order valence-corrected chi connectivity index (χ4v) is 4.90. The van der Waals surface area contributed by atoms with Gasteiger partial charge in [0.15, 0.2) is 0 Å². The summed E-state index contributed by atoms with van der Waals surface area (Å²) in [5.41, 5.74) is 12.0. The van der Waals surface area contributed by atoms with E-state index < -0.39 is 4.87 Å². The highest BCUT2D eigenvalue weighted by Gasteiger charge is 2.53. The van der Waals surface area contributed by atoms with Crippen LogP contribution in [0.1, 0.15) is 59.8 Å². The Morgan fingerprint density at radius 2 is 1.95 bits per heavy atom. The Kier molecular flexibility index (Phi) is 4.68. The normalized spacial score (nSPS) is 32.5. The Morgan fingerprint density at radius 3 is 2.38 bits per heavy atom. The van der Waals surface area contributed by atoms with Crippen molar-refractivity contribution in [2.75, 3.05) is 6.61 Å². The van der Waals surface area contributed by atoms with Crippen LogP contribution in [0.2, 0.25) is 0 Å². The average Bonchev–Trinajstić information content (AvgIpc) is 2.82. The second kappa shape index (κ2) is 5.74. The Morgan fingerprint density at radius 1 is 1.29 bits per heavy atom. The van der Waals surface area contributed by atoms with Gasteiger partial charge in [0, 0.05) is 11.0 Å². The molecular formula is C16H30N2O2S. The summed E-state index contributed by atoms with van der Waals surface area (Å²) in [7, 11) is 0. The minimum absolute atomic E-state index is 0.0795. The lowest BCUT2D eigenvalue weighted by Gasteiger charge is -2.41. The molecule has 2 aliphatic carbocycles. The third kappa shape index (κ3) is 4.60. The molecule has 0 saturated heterocycles. The van der Waals surface area contributed by atoms with Crippen molar-refractivity contribution in [3.05, 3.63) is 0 Å². The van der Waals surface area contributed by atoms with Gasteiger partial charge in [0.2, 0.25) is 0 Å². The SMILES string of the molecule is CC(C)(N)CC1(COC(=O)SC(C)(C)N)CC2CCC1C2. The summed E-state index contributed by atoms with van der Waals surface area (Å²) >= 11 is 1.06. The molecule has 0 aliphatic heterocycles. The lowest BCUT2D eigenvalue weighted by Crippen LogP contribution is -2.44. The Hall–Kier alpha value is -0.260. The van der Waals surface area contributed by atoms with E-state index in [9.17, 15) is 4.79 Å². The van der Waals surface area contributed by atoms with Crippen LogP contribution in [-0.4, -0.2) is 22.3 Å². The average molecular weight is 314 g/mol. The molecule has 3 atom stereocenters. The molecule has 0 aromatic carbocycles. The molecule has 122 valence electrons. The van der Waals surface area contributed by atoms with Crippen molar-refractivity contribution in [2.24, 2.45) is 28.7 Å². The summed E-state index contributed by atoms with van der Waals surface area (Å²) < 4.78 is 5.59. The van der Waals surface area contributed by atoms with Crippen molar-refractivity contribution >= 4 is 17.1 Å². The zero-order valence-electron chi connectivity index (χ0n) is 13.8. The molecule has 2 rings (SSSR count). The first kappa shape index (κ1) is 17.1. The van der Waals surface area contributed by atoms with Gasteiger partial charge in [-0.3, -0.25) is 0 Å². The van der Waals surface area contributed by atoms with Gasteiger partial charge >= 0.3 is 5.30 Å². The maximum absolute atomic E-state index is 12.0. The van der Waals surface area contributed by atoms with Crippen molar-refractivity contribution in [3.8, 4) is 0 Å². The monoisotopic (exact) mass is 314 g/mol. The maximum Gasteiger partial charge on any atom is 0.369 e. The van der Waals surface area contributed by atoms with Crippen LogP contribution in [0.5, 0.6) is 0 Å². The van der Waals surface area contributed by atoms with Gasteiger partial charge in [0.05, 0.1) is 11.5 Å². The highest BCUT2D eigenvalue weighted by Crippen LogP contribution is 2.58. The molecule has 2 aliphatic rings. The van der Waals surface area contributed by atoms with Gasteiger partial charge in [-0.1, -0.05) is 6.42 Å². The van der Waals surface area contributed by atoms with E-state index in [0.717, 1.165) is 30.5 Å². The third-order valence-electron chi connectivity index (χ3n) is 4.73. The number of hydrogen-bond acceptors (Lipinski definition) is 5. The Bertz CT molecular complexity index is 400. The van der Waals surface area contributed by atoms with E-state index in [2.05, 4.69) is 13.8 Å². The number of fused-ring (bicyclic) bond motifs is 2. The molecule has 21 heavy (non-hydrogen) atoms. The van der Waals surface area contributed by atoms with Crippen LogP contribution >= 0.6 is 11.8 Å². The van der Waals surface area contributed by atoms with Crippen molar-refractivity contribution in [3.63, 3.8) is 0 Å². The molecule has 0 aromatic rings. The van der Waals surface area contributed by atoms with Gasteiger partial charge in [0.25, 0.3) is 0 Å². The van der Waals surface area contributed by atoms with Crippen molar-refractivity contribution in [2.45, 2.75) is 70.2 Å². The van der Waals surface area contributed by atoms with E-state index in [1.807, 2.05) is 13.8 Å². The zero-order valence-corrected chi connectivity index (χ0v) is 14.6. The van der Waals surface area contributed by atoms with E-state index in [1.54, 1.807) is 0 Å².